The van der Waals surface area contributed by atoms with E-state index in [0.29, 0.717) is 18.0 Å². The Bertz CT molecular complexity index is 782. The van der Waals surface area contributed by atoms with Gasteiger partial charge in [0.05, 0.1) is 17.2 Å². The smallest absolute Gasteiger partial charge is 0.253 e. The average Bonchev–Trinajstić information content (AvgIpc) is 3.13. The van der Waals surface area contributed by atoms with Gasteiger partial charge in [-0.1, -0.05) is 26.0 Å². The van der Waals surface area contributed by atoms with E-state index in [1.165, 1.54) is 0 Å². The minimum absolute atomic E-state index is 0.0197. The molecule has 2 rings (SSSR count). The molecule has 0 aliphatic carbocycles. The molecular weight excluding hydrogens is 358 g/mol. The molecule has 0 aliphatic rings. The Kier molecular flexibility index (Phi) is 7.79. The van der Waals surface area contributed by atoms with Crippen LogP contribution in [-0.2, 0) is 13.0 Å². The second-order valence-electron chi connectivity index (χ2n) is 6.83. The molecule has 1 aromatic carbocycles. The van der Waals surface area contributed by atoms with Crippen LogP contribution in [0.1, 0.15) is 46.4 Å². The second kappa shape index (κ2) is 10.1. The number of aliphatic imine (C=N–C) groups is 1. The molecule has 2 N–H and O–H groups in total. The normalized spacial score (nSPS) is 11.6. The van der Waals surface area contributed by atoms with E-state index < -0.39 is 0 Å². The highest BCUT2D eigenvalue weighted by Gasteiger charge is 2.09. The Balaban J connectivity index is 1.82. The van der Waals surface area contributed by atoms with Gasteiger partial charge in [0.1, 0.15) is 0 Å². The molecule has 1 aromatic heterocycles. The zero-order valence-electron chi connectivity index (χ0n) is 16.7. The Morgan fingerprint density at radius 2 is 2.07 bits per heavy atom. The van der Waals surface area contributed by atoms with E-state index in [9.17, 15) is 4.79 Å². The molecule has 6 nitrogen and oxygen atoms in total. The van der Waals surface area contributed by atoms with Gasteiger partial charge in [0.15, 0.2) is 5.96 Å². The van der Waals surface area contributed by atoms with Crippen molar-refractivity contribution < 1.29 is 4.79 Å². The number of carbonyl (C=O) groups excluding carboxylic acids is 1. The first-order valence-electron chi connectivity index (χ1n) is 9.10. The van der Waals surface area contributed by atoms with Gasteiger partial charge >= 0.3 is 0 Å². The second-order valence-corrected chi connectivity index (χ2v) is 7.72. The van der Waals surface area contributed by atoms with Crippen molar-refractivity contribution in [2.75, 3.05) is 27.7 Å². The number of amides is 1. The summed E-state index contributed by atoms with van der Waals surface area (Å²) in [5.41, 5.74) is 2.86. The molecule has 146 valence electrons. The van der Waals surface area contributed by atoms with Crippen molar-refractivity contribution in [1.82, 2.24) is 20.5 Å². The number of hydrogen-bond acceptors (Lipinski definition) is 4. The van der Waals surface area contributed by atoms with Crippen LogP contribution in [0, 0.1) is 0 Å². The highest BCUT2D eigenvalue weighted by Crippen LogP contribution is 2.18. The van der Waals surface area contributed by atoms with Crippen LogP contribution >= 0.6 is 11.3 Å². The minimum Gasteiger partial charge on any atom is -0.356 e. The number of carbonyl (C=O) groups is 1. The van der Waals surface area contributed by atoms with E-state index in [1.54, 1.807) is 37.4 Å². The molecule has 0 bridgehead atoms. The van der Waals surface area contributed by atoms with E-state index in [4.69, 9.17) is 0 Å². The molecule has 2 aromatic rings. The van der Waals surface area contributed by atoms with Gasteiger partial charge in [-0.05, 0) is 24.1 Å². The fraction of sp³-hybridized carbons (Fsp3) is 0.450. The predicted octanol–water partition coefficient (Wildman–Crippen LogP) is 2.88. The number of nitrogens with zero attached hydrogens (tertiary/aromatic N) is 3. The van der Waals surface area contributed by atoms with Gasteiger partial charge in [-0.25, -0.2) is 4.98 Å². The van der Waals surface area contributed by atoms with Crippen LogP contribution in [0.15, 0.2) is 34.6 Å². The maximum absolute atomic E-state index is 12.1. The number of nitrogens with one attached hydrogen (secondary N) is 2. The van der Waals surface area contributed by atoms with Crippen molar-refractivity contribution in [2.45, 2.75) is 32.7 Å². The van der Waals surface area contributed by atoms with Gasteiger partial charge in [-0.3, -0.25) is 9.79 Å². The molecular formula is C20H29N5OS. The molecule has 1 amide bonds. The number of benzene rings is 1. The quantitative estimate of drug-likeness (QED) is 0.566. The number of aromatic nitrogens is 1. The van der Waals surface area contributed by atoms with E-state index in [2.05, 4.69) is 39.8 Å². The summed E-state index contributed by atoms with van der Waals surface area (Å²) in [6.07, 6.45) is 0.809. The van der Waals surface area contributed by atoms with E-state index in [1.807, 2.05) is 24.3 Å². The van der Waals surface area contributed by atoms with Gasteiger partial charge in [0.25, 0.3) is 5.91 Å². The lowest BCUT2D eigenvalue weighted by Gasteiger charge is -2.13. The fourth-order valence-corrected chi connectivity index (χ4v) is 3.34. The third-order valence-corrected chi connectivity index (χ3v) is 5.20. The monoisotopic (exact) mass is 387 g/mol. The van der Waals surface area contributed by atoms with Crippen molar-refractivity contribution in [3.8, 4) is 0 Å². The lowest BCUT2D eigenvalue weighted by Crippen LogP contribution is -2.37. The van der Waals surface area contributed by atoms with E-state index in [0.717, 1.165) is 35.2 Å². The molecule has 7 heteroatoms. The highest BCUT2D eigenvalue weighted by molar-refractivity contribution is 7.09. The lowest BCUT2D eigenvalue weighted by molar-refractivity contribution is 0.0827. The zero-order chi connectivity index (χ0) is 19.8. The number of thiazole rings is 1. The van der Waals surface area contributed by atoms with Gasteiger partial charge in [-0.2, -0.15) is 0 Å². The first-order chi connectivity index (χ1) is 12.9. The molecule has 0 saturated carbocycles. The first kappa shape index (κ1) is 20.9. The standard InChI is InChI=1S/C20H29N5OS/c1-14(2)18-24-17(13-27-18)12-23-20(21-3)22-10-9-15-7-6-8-16(11-15)19(26)25(4)5/h6-8,11,13-14H,9-10,12H2,1-5H3,(H2,21,22,23). The molecule has 0 unspecified atom stereocenters. The van der Waals surface area contributed by atoms with E-state index >= 15 is 0 Å². The summed E-state index contributed by atoms with van der Waals surface area (Å²) in [5, 5.41) is 9.84. The Hall–Kier alpha value is -2.41. The summed E-state index contributed by atoms with van der Waals surface area (Å²) in [6, 6.07) is 7.75. The molecule has 1 heterocycles. The summed E-state index contributed by atoms with van der Waals surface area (Å²) in [7, 11) is 5.28. The average molecular weight is 388 g/mol. The van der Waals surface area contributed by atoms with Gasteiger partial charge in [0.2, 0.25) is 0 Å². The van der Waals surface area contributed by atoms with Gasteiger partial charge in [0, 0.05) is 44.5 Å². The Morgan fingerprint density at radius 3 is 2.70 bits per heavy atom. The molecule has 0 fully saturated rings. The topological polar surface area (TPSA) is 69.6 Å². The number of guanidine groups is 1. The molecule has 0 saturated heterocycles. The molecule has 0 aliphatic heterocycles. The van der Waals surface area contributed by atoms with Crippen LogP contribution < -0.4 is 10.6 Å². The summed E-state index contributed by atoms with van der Waals surface area (Å²) in [6.45, 7) is 5.68. The van der Waals surface area contributed by atoms with Crippen LogP contribution in [-0.4, -0.2) is 49.4 Å². The van der Waals surface area contributed by atoms with Crippen molar-refractivity contribution in [3.05, 3.63) is 51.5 Å². The van der Waals surface area contributed by atoms with Crippen molar-refractivity contribution >= 4 is 23.2 Å². The highest BCUT2D eigenvalue weighted by atomic mass is 32.1. The molecule has 0 radical (unpaired) electrons. The van der Waals surface area contributed by atoms with Crippen molar-refractivity contribution in [1.29, 1.82) is 0 Å². The minimum atomic E-state index is 0.0197. The van der Waals surface area contributed by atoms with Crippen molar-refractivity contribution in [2.24, 2.45) is 4.99 Å². The number of hydrogen-bond donors (Lipinski definition) is 2. The molecule has 27 heavy (non-hydrogen) atoms. The lowest BCUT2D eigenvalue weighted by atomic mass is 10.1. The third-order valence-electron chi connectivity index (χ3n) is 4.01. The Morgan fingerprint density at radius 1 is 1.30 bits per heavy atom. The summed E-state index contributed by atoms with van der Waals surface area (Å²) in [5.74, 6) is 1.22. The predicted molar refractivity (Wildman–Crippen MR) is 113 cm³/mol. The summed E-state index contributed by atoms with van der Waals surface area (Å²) >= 11 is 1.70. The largest absolute Gasteiger partial charge is 0.356 e. The van der Waals surface area contributed by atoms with Crippen molar-refractivity contribution in [3.63, 3.8) is 0 Å². The summed E-state index contributed by atoms with van der Waals surface area (Å²) < 4.78 is 0. The third kappa shape index (κ3) is 6.36. The maximum atomic E-state index is 12.1. The zero-order valence-corrected chi connectivity index (χ0v) is 17.6. The van der Waals surface area contributed by atoms with Crippen LogP contribution in [0.2, 0.25) is 0 Å². The first-order valence-corrected chi connectivity index (χ1v) is 9.98. The molecule has 0 spiro atoms. The van der Waals surface area contributed by atoms with E-state index in [-0.39, 0.29) is 5.91 Å². The SMILES string of the molecule is CN=C(NCCc1cccc(C(=O)N(C)C)c1)NCc1csc(C(C)C)n1. The fourth-order valence-electron chi connectivity index (χ4n) is 2.51. The summed E-state index contributed by atoms with van der Waals surface area (Å²) in [4.78, 5) is 22.5. The Labute approximate surface area is 165 Å². The maximum Gasteiger partial charge on any atom is 0.253 e. The van der Waals surface area contributed by atoms with Gasteiger partial charge < -0.3 is 15.5 Å². The number of rotatable bonds is 7. The van der Waals surface area contributed by atoms with Crippen LogP contribution in [0.3, 0.4) is 0 Å². The molecule has 0 atom stereocenters. The van der Waals surface area contributed by atoms with Crippen LogP contribution in [0.25, 0.3) is 0 Å². The van der Waals surface area contributed by atoms with Gasteiger partial charge in [-0.15, -0.1) is 11.3 Å². The van der Waals surface area contributed by atoms with Crippen LogP contribution in [0.5, 0.6) is 0 Å². The van der Waals surface area contributed by atoms with Crippen LogP contribution in [0.4, 0.5) is 0 Å².